The first-order valence-corrected chi connectivity index (χ1v) is 7.44. The summed E-state index contributed by atoms with van der Waals surface area (Å²) in [4.78, 5) is 22.4. The second-order valence-corrected chi connectivity index (χ2v) is 5.40. The van der Waals surface area contributed by atoms with E-state index in [2.05, 4.69) is 12.2 Å². The number of nitrogens with zero attached hydrogens (tertiary/aromatic N) is 1. The minimum absolute atomic E-state index is 0.240. The molecule has 0 bridgehead atoms. The van der Waals surface area contributed by atoms with Crippen LogP contribution in [0.4, 0.5) is 0 Å². The van der Waals surface area contributed by atoms with Gasteiger partial charge in [0, 0.05) is 18.7 Å². The van der Waals surface area contributed by atoms with Gasteiger partial charge >= 0.3 is 5.70 Å². The fourth-order valence-electron chi connectivity index (χ4n) is 1.79. The number of carbonyl (C=O) groups is 1. The molecule has 0 aromatic heterocycles. The molecule has 0 radical (unpaired) electrons. The van der Waals surface area contributed by atoms with Crippen molar-refractivity contribution in [3.63, 3.8) is 0 Å². The van der Waals surface area contributed by atoms with Crippen LogP contribution in [0.15, 0.2) is 10.7 Å². The predicted molar refractivity (Wildman–Crippen MR) is 72.9 cm³/mol. The van der Waals surface area contributed by atoms with E-state index in [1.807, 2.05) is 0 Å². The van der Waals surface area contributed by atoms with E-state index in [1.165, 1.54) is 11.8 Å². The first-order chi connectivity index (χ1) is 8.66. The van der Waals surface area contributed by atoms with Gasteiger partial charge in [-0.2, -0.15) is 0 Å². The van der Waals surface area contributed by atoms with Gasteiger partial charge in [-0.05, 0) is 12.8 Å². The summed E-state index contributed by atoms with van der Waals surface area (Å²) in [6, 6.07) is 0. The van der Waals surface area contributed by atoms with Crippen molar-refractivity contribution in [2.45, 2.75) is 45.4 Å². The summed E-state index contributed by atoms with van der Waals surface area (Å²) in [6.45, 7) is 2.80. The molecule has 1 aliphatic heterocycles. The molecule has 0 amide bonds. The van der Waals surface area contributed by atoms with Gasteiger partial charge in [0.2, 0.25) is 5.78 Å². The monoisotopic (exact) mass is 272 g/mol. The Bertz CT molecular complexity index is 334. The van der Waals surface area contributed by atoms with Crippen LogP contribution < -0.4 is 5.32 Å². The van der Waals surface area contributed by atoms with Crippen LogP contribution >= 0.6 is 11.8 Å². The van der Waals surface area contributed by atoms with Crippen molar-refractivity contribution in [3.8, 4) is 0 Å². The Hall–Kier alpha value is -1.04. The van der Waals surface area contributed by atoms with E-state index in [9.17, 15) is 14.9 Å². The van der Waals surface area contributed by atoms with Crippen LogP contribution in [0, 0.1) is 10.1 Å². The Morgan fingerprint density at radius 2 is 2.22 bits per heavy atom. The highest BCUT2D eigenvalue weighted by atomic mass is 32.2. The van der Waals surface area contributed by atoms with E-state index < -0.39 is 4.92 Å². The number of rotatable bonds is 7. The van der Waals surface area contributed by atoms with Crippen molar-refractivity contribution in [1.82, 2.24) is 5.32 Å². The van der Waals surface area contributed by atoms with Crippen molar-refractivity contribution in [2.75, 3.05) is 12.3 Å². The molecular formula is C12H20N2O3S. The summed E-state index contributed by atoms with van der Waals surface area (Å²) in [5.74, 6) is 0.496. The molecule has 6 heteroatoms. The second-order valence-electron chi connectivity index (χ2n) is 4.30. The number of ketones is 1. The molecule has 102 valence electrons. The molecule has 0 spiro atoms. The maximum atomic E-state index is 11.9. The van der Waals surface area contributed by atoms with E-state index in [-0.39, 0.29) is 17.9 Å². The lowest BCUT2D eigenvalue weighted by molar-refractivity contribution is -0.419. The molecule has 1 fully saturated rings. The lowest BCUT2D eigenvalue weighted by Crippen LogP contribution is -2.25. The van der Waals surface area contributed by atoms with Crippen LogP contribution in [0.25, 0.3) is 0 Å². The SMILES string of the molecule is CCCCCCC(=O)C(=C1NCCCS1)[N+](=O)[O-]. The van der Waals surface area contributed by atoms with E-state index in [4.69, 9.17) is 0 Å². The fourth-order valence-corrected chi connectivity index (χ4v) is 2.82. The number of allylic oxidation sites excluding steroid dienone is 1. The highest BCUT2D eigenvalue weighted by Gasteiger charge is 2.28. The topological polar surface area (TPSA) is 72.2 Å². The van der Waals surface area contributed by atoms with Crippen LogP contribution in [0.1, 0.15) is 45.4 Å². The third kappa shape index (κ3) is 4.68. The van der Waals surface area contributed by atoms with Crippen LogP contribution in [-0.2, 0) is 4.79 Å². The van der Waals surface area contributed by atoms with Gasteiger partial charge in [-0.3, -0.25) is 14.9 Å². The maximum Gasteiger partial charge on any atom is 0.341 e. The first-order valence-electron chi connectivity index (χ1n) is 6.45. The van der Waals surface area contributed by atoms with E-state index in [1.54, 1.807) is 0 Å². The van der Waals surface area contributed by atoms with Crippen molar-refractivity contribution in [1.29, 1.82) is 0 Å². The first kappa shape index (κ1) is 15.0. The molecule has 0 unspecified atom stereocenters. The number of nitrogens with one attached hydrogen (secondary N) is 1. The Kier molecular flexibility index (Phi) is 6.78. The molecule has 0 aromatic carbocycles. The van der Waals surface area contributed by atoms with Gasteiger partial charge < -0.3 is 5.32 Å². The molecular weight excluding hydrogens is 252 g/mol. The number of Topliss-reactive ketones (excluding diaryl/α,β-unsaturated/α-hetero) is 1. The summed E-state index contributed by atoms with van der Waals surface area (Å²) in [7, 11) is 0. The number of unbranched alkanes of at least 4 members (excludes halogenated alkanes) is 3. The molecule has 1 rings (SSSR count). The quantitative estimate of drug-likeness (QED) is 0.334. The van der Waals surface area contributed by atoms with Crippen molar-refractivity contribution in [3.05, 3.63) is 20.8 Å². The van der Waals surface area contributed by atoms with Gasteiger partial charge in [-0.15, -0.1) is 11.8 Å². The lowest BCUT2D eigenvalue weighted by atomic mass is 10.1. The van der Waals surface area contributed by atoms with Crippen LogP contribution in [-0.4, -0.2) is 23.0 Å². The Morgan fingerprint density at radius 1 is 1.44 bits per heavy atom. The van der Waals surface area contributed by atoms with Gasteiger partial charge in [-0.1, -0.05) is 26.2 Å². The van der Waals surface area contributed by atoms with Gasteiger partial charge in [0.25, 0.3) is 0 Å². The third-order valence-electron chi connectivity index (χ3n) is 2.77. The van der Waals surface area contributed by atoms with E-state index in [0.717, 1.165) is 37.9 Å². The molecule has 1 heterocycles. The van der Waals surface area contributed by atoms with Crippen LogP contribution in [0.3, 0.4) is 0 Å². The summed E-state index contributed by atoms with van der Waals surface area (Å²) in [5.41, 5.74) is -0.240. The summed E-state index contributed by atoms with van der Waals surface area (Å²) < 4.78 is 0. The predicted octanol–water partition coefficient (Wildman–Crippen LogP) is 2.70. The third-order valence-corrected chi connectivity index (χ3v) is 3.89. The zero-order valence-electron chi connectivity index (χ0n) is 10.7. The molecule has 1 saturated heterocycles. The van der Waals surface area contributed by atoms with E-state index in [0.29, 0.717) is 11.6 Å². The zero-order valence-corrected chi connectivity index (χ0v) is 11.6. The molecule has 0 aliphatic carbocycles. The molecule has 0 atom stereocenters. The van der Waals surface area contributed by atoms with Gasteiger partial charge in [0.15, 0.2) is 5.03 Å². The Morgan fingerprint density at radius 3 is 2.78 bits per heavy atom. The van der Waals surface area contributed by atoms with Crippen LogP contribution in [0.5, 0.6) is 0 Å². The standard InChI is InChI=1S/C12H20N2O3S/c1-2-3-4-5-7-10(15)11(14(16)17)12-13-8-6-9-18-12/h13H,2-9H2,1H3. The molecule has 1 N–H and O–H groups in total. The zero-order chi connectivity index (χ0) is 13.4. The lowest BCUT2D eigenvalue weighted by Gasteiger charge is -2.15. The summed E-state index contributed by atoms with van der Waals surface area (Å²) in [5, 5.41) is 14.4. The van der Waals surface area contributed by atoms with Gasteiger partial charge in [0.1, 0.15) is 0 Å². The van der Waals surface area contributed by atoms with E-state index >= 15 is 0 Å². The second kappa shape index (κ2) is 8.13. The number of thioether (sulfide) groups is 1. The molecule has 5 nitrogen and oxygen atoms in total. The molecule has 0 aromatic rings. The molecule has 0 saturated carbocycles. The minimum Gasteiger partial charge on any atom is -0.374 e. The summed E-state index contributed by atoms with van der Waals surface area (Å²) >= 11 is 1.38. The fraction of sp³-hybridized carbons (Fsp3) is 0.750. The van der Waals surface area contributed by atoms with Gasteiger partial charge in [0.05, 0.1) is 4.92 Å². The summed E-state index contributed by atoms with van der Waals surface area (Å²) in [6.07, 6.45) is 5.12. The number of carbonyl (C=O) groups excluding carboxylic acids is 1. The minimum atomic E-state index is -0.539. The number of hydrogen-bond donors (Lipinski definition) is 1. The smallest absolute Gasteiger partial charge is 0.341 e. The average molecular weight is 272 g/mol. The molecule has 1 aliphatic rings. The number of hydrogen-bond acceptors (Lipinski definition) is 5. The van der Waals surface area contributed by atoms with Crippen molar-refractivity contribution in [2.24, 2.45) is 0 Å². The van der Waals surface area contributed by atoms with Gasteiger partial charge in [-0.25, -0.2) is 0 Å². The van der Waals surface area contributed by atoms with Crippen molar-refractivity contribution < 1.29 is 9.72 Å². The maximum absolute atomic E-state index is 11.9. The Labute approximate surface area is 112 Å². The number of nitro groups is 1. The highest BCUT2D eigenvalue weighted by Crippen LogP contribution is 2.23. The normalized spacial score (nSPS) is 18.1. The molecule has 18 heavy (non-hydrogen) atoms. The largest absolute Gasteiger partial charge is 0.374 e. The van der Waals surface area contributed by atoms with Crippen molar-refractivity contribution >= 4 is 17.5 Å². The Balaban J connectivity index is 2.61. The average Bonchev–Trinajstić information content (AvgIpc) is 2.36. The van der Waals surface area contributed by atoms with Crippen LogP contribution in [0.2, 0.25) is 0 Å². The highest BCUT2D eigenvalue weighted by molar-refractivity contribution is 8.03.